The van der Waals surface area contributed by atoms with Gasteiger partial charge in [0.1, 0.15) is 0 Å². The molecule has 0 saturated carbocycles. The first-order valence-corrected chi connectivity index (χ1v) is 13.3. The van der Waals surface area contributed by atoms with Gasteiger partial charge in [0.25, 0.3) is 0 Å². The van der Waals surface area contributed by atoms with Gasteiger partial charge in [0, 0.05) is 78.4 Å². The summed E-state index contributed by atoms with van der Waals surface area (Å²) in [5, 5.41) is 0. The number of carbonyl (C=O) groups is 2. The molecule has 4 rings (SSSR count). The molecule has 3 heterocycles. The van der Waals surface area contributed by atoms with Crippen LogP contribution in [-0.4, -0.2) is 111 Å². The van der Waals surface area contributed by atoms with E-state index in [-0.39, 0.29) is 42.6 Å². The van der Waals surface area contributed by atoms with Crippen LogP contribution in [0.3, 0.4) is 0 Å². The predicted octanol–water partition coefficient (Wildman–Crippen LogP) is 0.623. The topological polar surface area (TPSA) is 90.5 Å². The summed E-state index contributed by atoms with van der Waals surface area (Å²) in [5.41, 5.74) is 0. The van der Waals surface area contributed by atoms with Crippen LogP contribution in [0.25, 0.3) is 0 Å². The number of benzene rings is 1. The number of piperazine rings is 2. The van der Waals surface area contributed by atoms with Gasteiger partial charge < -0.3 is 14.5 Å². The molecule has 0 radical (unpaired) electrons. The number of nitrogens with zero attached hydrogens (tertiary/aromatic N) is 4. The second-order valence-electron chi connectivity index (χ2n) is 8.91. The Kier molecular flexibility index (Phi) is 8.00. The molecule has 9 nitrogen and oxygen atoms in total. The van der Waals surface area contributed by atoms with Crippen LogP contribution in [0.2, 0.25) is 0 Å². The van der Waals surface area contributed by atoms with Crippen molar-refractivity contribution in [3.63, 3.8) is 0 Å². The quantitative estimate of drug-likeness (QED) is 0.571. The summed E-state index contributed by atoms with van der Waals surface area (Å²) in [6.07, 6.45) is 2.95. The summed E-state index contributed by atoms with van der Waals surface area (Å²) in [6, 6.07) is 8.35. The van der Waals surface area contributed by atoms with Gasteiger partial charge in [-0.3, -0.25) is 14.5 Å². The number of hydrogen-bond donors (Lipinski definition) is 0. The van der Waals surface area contributed by atoms with Crippen molar-refractivity contribution in [1.29, 1.82) is 0 Å². The molecule has 0 N–H and O–H groups in total. The summed E-state index contributed by atoms with van der Waals surface area (Å²) >= 11 is 0. The monoisotopic (exact) mass is 478 g/mol. The Hall–Kier alpha value is -2.01. The molecular formula is C23H34N4O5S. The van der Waals surface area contributed by atoms with Crippen LogP contribution in [0.15, 0.2) is 35.2 Å². The predicted molar refractivity (Wildman–Crippen MR) is 123 cm³/mol. The van der Waals surface area contributed by atoms with Crippen molar-refractivity contribution in [2.45, 2.75) is 36.7 Å². The zero-order valence-corrected chi connectivity index (χ0v) is 19.9. The Bertz CT molecular complexity index is 904. The largest absolute Gasteiger partial charge is 0.377 e. The summed E-state index contributed by atoms with van der Waals surface area (Å²) in [4.78, 5) is 31.4. The van der Waals surface area contributed by atoms with Gasteiger partial charge in [0.15, 0.2) is 0 Å². The smallest absolute Gasteiger partial charge is 0.243 e. The SMILES string of the molecule is O=C(CCC(=O)N1CCN(S(=O)(=O)c2ccccc2)CC1)N1CCN(CC2CCCO2)CC1. The molecule has 10 heteroatoms. The third-order valence-corrected chi connectivity index (χ3v) is 8.65. The molecule has 3 aliphatic heterocycles. The number of rotatable bonds is 7. The first kappa shape index (κ1) is 24.1. The van der Waals surface area contributed by atoms with Gasteiger partial charge in [-0.15, -0.1) is 0 Å². The van der Waals surface area contributed by atoms with E-state index in [1.165, 1.54) is 4.31 Å². The average Bonchev–Trinajstić information content (AvgIpc) is 3.36. The van der Waals surface area contributed by atoms with Gasteiger partial charge in [-0.25, -0.2) is 8.42 Å². The third kappa shape index (κ3) is 6.11. The van der Waals surface area contributed by atoms with Crippen LogP contribution in [0.4, 0.5) is 0 Å². The molecule has 0 bridgehead atoms. The molecule has 3 saturated heterocycles. The molecule has 1 atom stereocenters. The van der Waals surface area contributed by atoms with Crippen LogP contribution in [-0.2, 0) is 24.3 Å². The first-order chi connectivity index (χ1) is 15.9. The molecule has 0 aliphatic carbocycles. The third-order valence-electron chi connectivity index (χ3n) is 6.74. The minimum Gasteiger partial charge on any atom is -0.377 e. The van der Waals surface area contributed by atoms with Gasteiger partial charge in [-0.05, 0) is 25.0 Å². The Balaban J connectivity index is 1.16. The molecule has 1 unspecified atom stereocenters. The summed E-state index contributed by atoms with van der Waals surface area (Å²) in [6.45, 7) is 6.09. The summed E-state index contributed by atoms with van der Waals surface area (Å²) < 4.78 is 32.6. The van der Waals surface area contributed by atoms with E-state index >= 15 is 0 Å². The highest BCUT2D eigenvalue weighted by Gasteiger charge is 2.30. The lowest BCUT2D eigenvalue weighted by Gasteiger charge is -2.36. The van der Waals surface area contributed by atoms with Crippen molar-refractivity contribution in [2.75, 3.05) is 65.5 Å². The number of ether oxygens (including phenoxy) is 1. The molecular weight excluding hydrogens is 444 g/mol. The lowest BCUT2D eigenvalue weighted by atomic mass is 10.2. The van der Waals surface area contributed by atoms with Crippen LogP contribution in [0, 0.1) is 0 Å². The van der Waals surface area contributed by atoms with Crippen LogP contribution >= 0.6 is 0 Å². The maximum Gasteiger partial charge on any atom is 0.243 e. The number of sulfonamides is 1. The van der Waals surface area contributed by atoms with Crippen LogP contribution in [0.5, 0.6) is 0 Å². The Morgan fingerprint density at radius 3 is 1.97 bits per heavy atom. The first-order valence-electron chi connectivity index (χ1n) is 11.9. The van der Waals surface area contributed by atoms with Crippen molar-refractivity contribution >= 4 is 21.8 Å². The van der Waals surface area contributed by atoms with E-state index in [0.29, 0.717) is 32.3 Å². The average molecular weight is 479 g/mol. The fourth-order valence-electron chi connectivity index (χ4n) is 4.71. The number of hydrogen-bond acceptors (Lipinski definition) is 6. The maximum atomic E-state index is 12.7. The molecule has 1 aromatic carbocycles. The van der Waals surface area contributed by atoms with E-state index < -0.39 is 10.0 Å². The van der Waals surface area contributed by atoms with Gasteiger partial charge in [0.05, 0.1) is 11.0 Å². The highest BCUT2D eigenvalue weighted by molar-refractivity contribution is 7.89. The summed E-state index contributed by atoms with van der Waals surface area (Å²) in [5.74, 6) is -0.0671. The van der Waals surface area contributed by atoms with E-state index in [0.717, 1.165) is 39.1 Å². The molecule has 0 spiro atoms. The highest BCUT2D eigenvalue weighted by atomic mass is 32.2. The standard InChI is InChI=1S/C23H34N4O5S/c28-22(25-12-10-24(11-13-25)19-20-5-4-18-32-20)8-9-23(29)26-14-16-27(17-15-26)33(30,31)21-6-2-1-3-7-21/h1-3,6-7,20H,4-5,8-19H2. The minimum absolute atomic E-state index is 0.0189. The van der Waals surface area contributed by atoms with Crippen LogP contribution < -0.4 is 0 Å². The second kappa shape index (κ2) is 10.9. The molecule has 3 fully saturated rings. The minimum atomic E-state index is -3.54. The van der Waals surface area contributed by atoms with Gasteiger partial charge in [-0.1, -0.05) is 18.2 Å². The van der Waals surface area contributed by atoms with Gasteiger partial charge >= 0.3 is 0 Å². The molecule has 3 aliphatic rings. The Morgan fingerprint density at radius 2 is 1.42 bits per heavy atom. The fourth-order valence-corrected chi connectivity index (χ4v) is 6.15. The van der Waals surface area contributed by atoms with Crippen molar-refractivity contribution in [1.82, 2.24) is 19.0 Å². The molecule has 1 aromatic rings. The van der Waals surface area contributed by atoms with Gasteiger partial charge in [-0.2, -0.15) is 4.31 Å². The Morgan fingerprint density at radius 1 is 0.848 bits per heavy atom. The molecule has 2 amide bonds. The van der Waals surface area contributed by atoms with Gasteiger partial charge in [0.2, 0.25) is 21.8 Å². The molecule has 0 aromatic heterocycles. The van der Waals surface area contributed by atoms with E-state index in [4.69, 9.17) is 4.74 Å². The fraction of sp³-hybridized carbons (Fsp3) is 0.652. The van der Waals surface area contributed by atoms with Crippen LogP contribution in [0.1, 0.15) is 25.7 Å². The summed E-state index contributed by atoms with van der Waals surface area (Å²) in [7, 11) is -3.54. The van der Waals surface area contributed by atoms with E-state index in [1.807, 2.05) is 4.90 Å². The zero-order valence-electron chi connectivity index (χ0n) is 19.1. The highest BCUT2D eigenvalue weighted by Crippen LogP contribution is 2.18. The van der Waals surface area contributed by atoms with Crippen molar-refractivity contribution in [2.24, 2.45) is 0 Å². The zero-order chi connectivity index (χ0) is 23.3. The van der Waals surface area contributed by atoms with Crippen molar-refractivity contribution in [3.8, 4) is 0 Å². The van der Waals surface area contributed by atoms with E-state index in [2.05, 4.69) is 4.90 Å². The number of carbonyl (C=O) groups excluding carboxylic acids is 2. The number of amides is 2. The Labute approximate surface area is 196 Å². The maximum absolute atomic E-state index is 12.7. The second-order valence-corrected chi connectivity index (χ2v) is 10.9. The molecule has 33 heavy (non-hydrogen) atoms. The molecule has 182 valence electrons. The van der Waals surface area contributed by atoms with Crippen molar-refractivity contribution in [3.05, 3.63) is 30.3 Å². The van der Waals surface area contributed by atoms with E-state index in [9.17, 15) is 18.0 Å². The van der Waals surface area contributed by atoms with E-state index in [1.54, 1.807) is 35.2 Å². The normalized spacial score (nSPS) is 23.1. The lowest BCUT2D eigenvalue weighted by Crippen LogP contribution is -2.51. The lowest BCUT2D eigenvalue weighted by molar-refractivity contribution is -0.138. The van der Waals surface area contributed by atoms with Crippen molar-refractivity contribution < 1.29 is 22.7 Å².